The number of carbonyl (C=O) groups excluding carboxylic acids is 2. The van der Waals surface area contributed by atoms with Gasteiger partial charge in [-0.2, -0.15) is 0 Å². The minimum absolute atomic E-state index is 0.0949. The molecule has 150 valence electrons. The first-order valence-electron chi connectivity index (χ1n) is 9.21. The third-order valence-corrected chi connectivity index (χ3v) is 5.63. The Hall–Kier alpha value is -2.45. The molecular weight excluding hydrogens is 380 g/mol. The predicted molar refractivity (Wildman–Crippen MR) is 106 cm³/mol. The van der Waals surface area contributed by atoms with Crippen LogP contribution in [0, 0.1) is 0 Å². The van der Waals surface area contributed by atoms with Crippen LogP contribution in [-0.4, -0.2) is 43.8 Å². The van der Waals surface area contributed by atoms with E-state index in [1.807, 2.05) is 24.3 Å². The highest BCUT2D eigenvalue weighted by atomic mass is 32.1. The van der Waals surface area contributed by atoms with E-state index in [9.17, 15) is 9.59 Å². The van der Waals surface area contributed by atoms with E-state index < -0.39 is 5.41 Å². The Balaban J connectivity index is 1.77. The molecule has 2 heterocycles. The summed E-state index contributed by atoms with van der Waals surface area (Å²) < 4.78 is 15.7. The number of methoxy groups -OCH3 is 1. The highest BCUT2D eigenvalue weighted by molar-refractivity contribution is 7.14. The van der Waals surface area contributed by atoms with Gasteiger partial charge in [-0.15, -0.1) is 11.3 Å². The monoisotopic (exact) mass is 404 g/mol. The normalized spacial score (nSPS) is 15.6. The van der Waals surface area contributed by atoms with Gasteiger partial charge in [0.25, 0.3) is 0 Å². The Morgan fingerprint density at radius 1 is 1.25 bits per heavy atom. The number of benzene rings is 1. The van der Waals surface area contributed by atoms with Crippen LogP contribution in [0.2, 0.25) is 0 Å². The van der Waals surface area contributed by atoms with Crippen LogP contribution in [0.5, 0.6) is 5.75 Å². The van der Waals surface area contributed by atoms with E-state index in [4.69, 9.17) is 14.2 Å². The zero-order valence-electron chi connectivity index (χ0n) is 16.0. The molecule has 0 atom stereocenters. The summed E-state index contributed by atoms with van der Waals surface area (Å²) >= 11 is 1.30. The van der Waals surface area contributed by atoms with Gasteiger partial charge in [-0.3, -0.25) is 9.59 Å². The van der Waals surface area contributed by atoms with Crippen LogP contribution >= 0.6 is 11.3 Å². The number of hydrogen-bond acceptors (Lipinski definition) is 7. The molecule has 28 heavy (non-hydrogen) atoms. The number of hydrogen-bond donors (Lipinski definition) is 1. The lowest BCUT2D eigenvalue weighted by atomic mass is 9.73. The number of thiazole rings is 1. The van der Waals surface area contributed by atoms with E-state index >= 15 is 0 Å². The smallest absolute Gasteiger partial charge is 0.311 e. The second-order valence-corrected chi connectivity index (χ2v) is 7.36. The van der Waals surface area contributed by atoms with Crippen LogP contribution in [0.25, 0.3) is 0 Å². The topological polar surface area (TPSA) is 86.8 Å². The standard InChI is InChI=1S/C20H24N2O5S/c1-3-27-17(23)12-15-13-28-19(21-15)22-18(24)20(8-10-26-11-9-20)14-4-6-16(25-2)7-5-14/h4-7,13H,3,8-12H2,1-2H3,(H,21,22,24). The molecule has 0 aliphatic carbocycles. The second kappa shape index (κ2) is 9.16. The van der Waals surface area contributed by atoms with Crippen molar-refractivity contribution in [3.8, 4) is 5.75 Å². The summed E-state index contributed by atoms with van der Waals surface area (Å²) in [6.45, 7) is 3.13. The number of amides is 1. The van der Waals surface area contributed by atoms with E-state index in [1.165, 1.54) is 11.3 Å². The fourth-order valence-electron chi connectivity index (χ4n) is 3.30. The summed E-state index contributed by atoms with van der Waals surface area (Å²) in [5.41, 5.74) is 0.832. The lowest BCUT2D eigenvalue weighted by Gasteiger charge is -2.36. The van der Waals surface area contributed by atoms with Crippen molar-refractivity contribution in [2.24, 2.45) is 0 Å². The first-order valence-corrected chi connectivity index (χ1v) is 10.1. The fourth-order valence-corrected chi connectivity index (χ4v) is 4.00. The third-order valence-electron chi connectivity index (χ3n) is 4.83. The van der Waals surface area contributed by atoms with Gasteiger partial charge in [0.1, 0.15) is 5.75 Å². The number of anilines is 1. The van der Waals surface area contributed by atoms with Crippen molar-refractivity contribution in [1.82, 2.24) is 4.98 Å². The maximum atomic E-state index is 13.3. The minimum Gasteiger partial charge on any atom is -0.497 e. The molecule has 7 nitrogen and oxygen atoms in total. The summed E-state index contributed by atoms with van der Waals surface area (Å²) in [5.74, 6) is 0.303. The molecule has 0 unspecified atom stereocenters. The van der Waals surface area contributed by atoms with Gasteiger partial charge >= 0.3 is 5.97 Å². The maximum absolute atomic E-state index is 13.3. The van der Waals surface area contributed by atoms with Crippen LogP contribution in [0.4, 0.5) is 5.13 Å². The van der Waals surface area contributed by atoms with Crippen LogP contribution in [0.15, 0.2) is 29.6 Å². The van der Waals surface area contributed by atoms with Crippen molar-refractivity contribution in [1.29, 1.82) is 0 Å². The Labute approximate surface area is 168 Å². The Kier molecular flexibility index (Phi) is 6.64. The van der Waals surface area contributed by atoms with Crippen molar-refractivity contribution in [2.75, 3.05) is 32.2 Å². The van der Waals surface area contributed by atoms with Crippen molar-refractivity contribution in [3.63, 3.8) is 0 Å². The summed E-state index contributed by atoms with van der Waals surface area (Å²) in [6.07, 6.45) is 1.27. The SMILES string of the molecule is CCOC(=O)Cc1csc(NC(=O)C2(c3ccc(OC)cc3)CCOCC2)n1. The van der Waals surface area contributed by atoms with Crippen molar-refractivity contribution in [2.45, 2.75) is 31.6 Å². The molecule has 2 aromatic rings. The molecule has 1 saturated heterocycles. The quantitative estimate of drug-likeness (QED) is 0.714. The molecule has 1 amide bonds. The summed E-state index contributed by atoms with van der Waals surface area (Å²) in [6, 6.07) is 7.58. The van der Waals surface area contributed by atoms with Crippen LogP contribution < -0.4 is 10.1 Å². The van der Waals surface area contributed by atoms with E-state index in [0.29, 0.717) is 43.5 Å². The van der Waals surface area contributed by atoms with E-state index in [1.54, 1.807) is 19.4 Å². The molecule has 3 rings (SSSR count). The Morgan fingerprint density at radius 3 is 2.61 bits per heavy atom. The highest BCUT2D eigenvalue weighted by Gasteiger charge is 2.42. The first kappa shape index (κ1) is 20.3. The number of nitrogens with one attached hydrogen (secondary N) is 1. The summed E-state index contributed by atoms with van der Waals surface area (Å²) in [7, 11) is 1.61. The molecule has 1 N–H and O–H groups in total. The molecule has 0 spiro atoms. The van der Waals surface area contributed by atoms with E-state index in [0.717, 1.165) is 11.3 Å². The third kappa shape index (κ3) is 4.51. The van der Waals surface area contributed by atoms with Gasteiger partial charge in [0.15, 0.2) is 5.13 Å². The van der Waals surface area contributed by atoms with Gasteiger partial charge in [-0.05, 0) is 37.5 Å². The average molecular weight is 404 g/mol. The van der Waals surface area contributed by atoms with Gasteiger partial charge in [0, 0.05) is 18.6 Å². The number of rotatable bonds is 7. The van der Waals surface area contributed by atoms with Gasteiger partial charge < -0.3 is 19.5 Å². The Morgan fingerprint density at radius 2 is 1.96 bits per heavy atom. The largest absolute Gasteiger partial charge is 0.497 e. The average Bonchev–Trinajstić information content (AvgIpc) is 3.15. The van der Waals surface area contributed by atoms with Crippen LogP contribution in [-0.2, 0) is 30.9 Å². The number of esters is 1. The van der Waals surface area contributed by atoms with Crippen LogP contribution in [0.3, 0.4) is 0 Å². The number of carbonyl (C=O) groups is 2. The molecule has 1 aliphatic heterocycles. The zero-order valence-corrected chi connectivity index (χ0v) is 16.8. The highest BCUT2D eigenvalue weighted by Crippen LogP contribution is 2.37. The zero-order chi connectivity index (χ0) is 20.0. The molecule has 8 heteroatoms. The number of ether oxygens (including phenoxy) is 3. The molecule has 1 aliphatic rings. The lowest BCUT2D eigenvalue weighted by Crippen LogP contribution is -2.44. The molecule has 1 aromatic heterocycles. The fraction of sp³-hybridized carbons (Fsp3) is 0.450. The molecule has 1 aromatic carbocycles. The van der Waals surface area contributed by atoms with Crippen LogP contribution in [0.1, 0.15) is 31.0 Å². The van der Waals surface area contributed by atoms with E-state index in [2.05, 4.69) is 10.3 Å². The van der Waals surface area contributed by atoms with Crippen molar-refractivity contribution >= 4 is 28.3 Å². The molecule has 0 bridgehead atoms. The molecule has 1 fully saturated rings. The summed E-state index contributed by atoms with van der Waals surface area (Å²) in [4.78, 5) is 29.2. The first-order chi connectivity index (χ1) is 13.6. The van der Waals surface area contributed by atoms with Crippen molar-refractivity contribution < 1.29 is 23.8 Å². The van der Waals surface area contributed by atoms with Gasteiger partial charge in [-0.1, -0.05) is 12.1 Å². The number of aromatic nitrogens is 1. The van der Waals surface area contributed by atoms with E-state index in [-0.39, 0.29) is 18.3 Å². The van der Waals surface area contributed by atoms with Gasteiger partial charge in [0.2, 0.25) is 5.91 Å². The maximum Gasteiger partial charge on any atom is 0.311 e. The lowest BCUT2D eigenvalue weighted by molar-refractivity contribution is -0.142. The number of nitrogens with zero attached hydrogens (tertiary/aromatic N) is 1. The van der Waals surface area contributed by atoms with Gasteiger partial charge in [0.05, 0.1) is 31.2 Å². The predicted octanol–water partition coefficient (Wildman–Crippen LogP) is 2.94. The molecule has 0 radical (unpaired) electrons. The van der Waals surface area contributed by atoms with Gasteiger partial charge in [-0.25, -0.2) is 4.98 Å². The minimum atomic E-state index is -0.683. The van der Waals surface area contributed by atoms with Crippen molar-refractivity contribution in [3.05, 3.63) is 40.9 Å². The molecular formula is C20H24N2O5S. The Bertz CT molecular complexity index is 812. The molecule has 0 saturated carbocycles. The second-order valence-electron chi connectivity index (χ2n) is 6.50. The summed E-state index contributed by atoms with van der Waals surface area (Å²) in [5, 5.41) is 5.17.